The second-order valence-corrected chi connectivity index (χ2v) is 7.68. The lowest BCUT2D eigenvalue weighted by Gasteiger charge is -2.09. The molecule has 0 aliphatic heterocycles. The van der Waals surface area contributed by atoms with Crippen LogP contribution in [0.3, 0.4) is 0 Å². The molecule has 0 aliphatic carbocycles. The Hall–Kier alpha value is -2.84. The average molecular weight is 396 g/mol. The minimum Gasteiger partial charge on any atom is -0.309 e. The maximum atomic E-state index is 3.75. The summed E-state index contributed by atoms with van der Waals surface area (Å²) in [5.74, 6) is 0. The molecule has 0 fully saturated rings. The van der Waals surface area contributed by atoms with Crippen LogP contribution in [-0.2, 0) is 0 Å². The summed E-state index contributed by atoms with van der Waals surface area (Å²) in [4.78, 5) is 0. The number of para-hydroxylation sites is 1. The van der Waals surface area contributed by atoms with Crippen molar-refractivity contribution in [3.8, 4) is 5.69 Å². The molecule has 6 rings (SSSR count). The minimum absolute atomic E-state index is 1.11. The van der Waals surface area contributed by atoms with Crippen molar-refractivity contribution in [2.24, 2.45) is 0 Å². The van der Waals surface area contributed by atoms with E-state index in [1.165, 1.54) is 49.0 Å². The zero-order valence-corrected chi connectivity index (χ0v) is 15.5. The van der Waals surface area contributed by atoms with Crippen LogP contribution in [-0.4, -0.2) is 4.57 Å². The highest BCUT2D eigenvalue weighted by Crippen LogP contribution is 2.44. The van der Waals surface area contributed by atoms with Crippen molar-refractivity contribution >= 4 is 59.3 Å². The van der Waals surface area contributed by atoms with Crippen molar-refractivity contribution in [2.75, 3.05) is 0 Å². The molecule has 6 aromatic rings. The number of aromatic nitrogens is 1. The molecule has 0 radical (unpaired) electrons. The van der Waals surface area contributed by atoms with E-state index in [0.717, 1.165) is 4.47 Å². The topological polar surface area (TPSA) is 4.93 Å². The highest BCUT2D eigenvalue weighted by molar-refractivity contribution is 9.10. The average Bonchev–Trinajstić information content (AvgIpc) is 3.02. The van der Waals surface area contributed by atoms with E-state index in [-0.39, 0.29) is 0 Å². The van der Waals surface area contributed by atoms with Crippen molar-refractivity contribution in [3.63, 3.8) is 0 Å². The number of hydrogen-bond donors (Lipinski definition) is 0. The highest BCUT2D eigenvalue weighted by Gasteiger charge is 2.19. The van der Waals surface area contributed by atoms with Gasteiger partial charge in [-0.25, -0.2) is 0 Å². The quantitative estimate of drug-likeness (QED) is 0.257. The molecule has 0 aliphatic rings. The van der Waals surface area contributed by atoms with Gasteiger partial charge in [-0.1, -0.05) is 70.5 Å². The van der Waals surface area contributed by atoms with Crippen LogP contribution in [0.1, 0.15) is 0 Å². The molecular weight excluding hydrogens is 382 g/mol. The molecule has 26 heavy (non-hydrogen) atoms. The van der Waals surface area contributed by atoms with Gasteiger partial charge in [-0.15, -0.1) is 0 Å². The monoisotopic (exact) mass is 395 g/mol. The van der Waals surface area contributed by atoms with E-state index in [4.69, 9.17) is 0 Å². The van der Waals surface area contributed by atoms with Crippen LogP contribution in [0.4, 0.5) is 0 Å². The van der Waals surface area contributed by atoms with Crippen molar-refractivity contribution in [1.82, 2.24) is 4.57 Å². The van der Waals surface area contributed by atoms with E-state index in [2.05, 4.69) is 105 Å². The SMILES string of the molecule is Brc1cc2c3ccccc3c3cccc4c3c2c(c1)n4-c1ccccc1. The first kappa shape index (κ1) is 14.3. The summed E-state index contributed by atoms with van der Waals surface area (Å²) >= 11 is 3.75. The maximum Gasteiger partial charge on any atom is 0.0558 e. The van der Waals surface area contributed by atoms with Crippen LogP contribution >= 0.6 is 15.9 Å². The van der Waals surface area contributed by atoms with Gasteiger partial charge < -0.3 is 4.57 Å². The second kappa shape index (κ2) is 5.09. The predicted octanol–water partition coefficient (Wildman–Crippen LogP) is 7.29. The Morgan fingerprint density at radius 1 is 0.538 bits per heavy atom. The minimum atomic E-state index is 1.11. The molecular formula is C24H14BrN. The van der Waals surface area contributed by atoms with Gasteiger partial charge in [0.05, 0.1) is 11.0 Å². The lowest BCUT2D eigenvalue weighted by molar-refractivity contribution is 1.18. The van der Waals surface area contributed by atoms with Gasteiger partial charge in [-0.05, 0) is 51.9 Å². The van der Waals surface area contributed by atoms with E-state index >= 15 is 0 Å². The molecule has 1 nitrogen and oxygen atoms in total. The van der Waals surface area contributed by atoms with Gasteiger partial charge in [0, 0.05) is 20.9 Å². The lowest BCUT2D eigenvalue weighted by atomic mass is 9.94. The fourth-order valence-electron chi connectivity index (χ4n) is 4.40. The Bertz CT molecular complexity index is 1430. The molecule has 0 atom stereocenters. The number of hydrogen-bond acceptors (Lipinski definition) is 0. The van der Waals surface area contributed by atoms with Gasteiger partial charge in [0.2, 0.25) is 0 Å². The molecule has 0 N–H and O–H groups in total. The zero-order chi connectivity index (χ0) is 17.3. The van der Waals surface area contributed by atoms with Crippen LogP contribution in [0.25, 0.3) is 49.0 Å². The zero-order valence-electron chi connectivity index (χ0n) is 13.9. The molecule has 2 heteroatoms. The van der Waals surface area contributed by atoms with Gasteiger partial charge in [0.15, 0.2) is 0 Å². The third kappa shape index (κ3) is 1.75. The molecule has 0 saturated heterocycles. The molecule has 1 aromatic heterocycles. The molecule has 0 bridgehead atoms. The molecule has 0 unspecified atom stereocenters. The van der Waals surface area contributed by atoms with Crippen molar-refractivity contribution < 1.29 is 0 Å². The first-order valence-corrected chi connectivity index (χ1v) is 9.54. The van der Waals surface area contributed by atoms with Crippen LogP contribution < -0.4 is 0 Å². The molecule has 5 aromatic carbocycles. The fraction of sp³-hybridized carbons (Fsp3) is 0. The van der Waals surface area contributed by atoms with E-state index in [1.807, 2.05) is 0 Å². The summed E-state index contributed by atoms with van der Waals surface area (Å²) < 4.78 is 3.49. The van der Waals surface area contributed by atoms with Crippen LogP contribution in [0.2, 0.25) is 0 Å². The Morgan fingerprint density at radius 3 is 2.00 bits per heavy atom. The molecule has 0 amide bonds. The summed E-state index contributed by atoms with van der Waals surface area (Å²) in [5.41, 5.74) is 3.70. The van der Waals surface area contributed by atoms with Crippen LogP contribution in [0, 0.1) is 0 Å². The smallest absolute Gasteiger partial charge is 0.0558 e. The first-order chi connectivity index (χ1) is 12.8. The molecule has 0 saturated carbocycles. The standard InChI is InChI=1S/C24H14BrN/c25-15-13-20-18-10-5-4-9-17(18)19-11-6-12-21-23(19)24(20)22(14-15)26(21)16-7-2-1-3-8-16/h1-14H. The van der Waals surface area contributed by atoms with Crippen molar-refractivity contribution in [3.05, 3.63) is 89.4 Å². The van der Waals surface area contributed by atoms with Crippen molar-refractivity contribution in [1.29, 1.82) is 0 Å². The van der Waals surface area contributed by atoms with Gasteiger partial charge in [0.1, 0.15) is 0 Å². The van der Waals surface area contributed by atoms with E-state index < -0.39 is 0 Å². The van der Waals surface area contributed by atoms with Crippen LogP contribution in [0.5, 0.6) is 0 Å². The van der Waals surface area contributed by atoms with E-state index in [1.54, 1.807) is 0 Å². The number of rotatable bonds is 1. The Morgan fingerprint density at radius 2 is 1.19 bits per heavy atom. The molecule has 122 valence electrons. The number of benzene rings is 5. The first-order valence-electron chi connectivity index (χ1n) is 8.75. The van der Waals surface area contributed by atoms with Gasteiger partial charge in [-0.3, -0.25) is 0 Å². The number of halogens is 1. The van der Waals surface area contributed by atoms with Gasteiger partial charge >= 0.3 is 0 Å². The fourth-order valence-corrected chi connectivity index (χ4v) is 4.84. The number of fused-ring (bicyclic) bond motifs is 3. The predicted molar refractivity (Wildman–Crippen MR) is 115 cm³/mol. The summed E-state index contributed by atoms with van der Waals surface area (Å²) in [6.07, 6.45) is 0. The lowest BCUT2D eigenvalue weighted by Crippen LogP contribution is -1.92. The Labute approximate surface area is 158 Å². The Balaban J connectivity index is 2.01. The third-order valence-electron chi connectivity index (χ3n) is 5.38. The maximum absolute atomic E-state index is 3.75. The third-order valence-corrected chi connectivity index (χ3v) is 5.84. The summed E-state index contributed by atoms with van der Waals surface area (Å²) in [5, 5.41) is 7.96. The van der Waals surface area contributed by atoms with Crippen molar-refractivity contribution in [2.45, 2.75) is 0 Å². The summed E-state index contributed by atoms with van der Waals surface area (Å²) in [6.45, 7) is 0. The van der Waals surface area contributed by atoms with Crippen LogP contribution in [0.15, 0.2) is 89.4 Å². The highest BCUT2D eigenvalue weighted by atomic mass is 79.9. The van der Waals surface area contributed by atoms with E-state index in [9.17, 15) is 0 Å². The summed E-state index contributed by atoms with van der Waals surface area (Å²) in [6, 6.07) is 30.5. The molecule has 0 spiro atoms. The largest absolute Gasteiger partial charge is 0.309 e. The second-order valence-electron chi connectivity index (χ2n) is 6.76. The number of nitrogens with zero attached hydrogens (tertiary/aromatic N) is 1. The van der Waals surface area contributed by atoms with Gasteiger partial charge in [0.25, 0.3) is 0 Å². The normalized spacial score (nSPS) is 12.0. The summed E-state index contributed by atoms with van der Waals surface area (Å²) in [7, 11) is 0. The molecule has 1 heterocycles. The Kier molecular flexibility index (Phi) is 2.81. The van der Waals surface area contributed by atoms with E-state index in [0.29, 0.717) is 0 Å². The van der Waals surface area contributed by atoms with Gasteiger partial charge in [-0.2, -0.15) is 0 Å².